The number of likely N-dealkylation sites (tertiary alicyclic amines) is 1. The maximum Gasteiger partial charge on any atom is 0.282 e. The summed E-state index contributed by atoms with van der Waals surface area (Å²) in [4.78, 5) is 13.1. The lowest BCUT2D eigenvalue weighted by molar-refractivity contribution is -0.127. The van der Waals surface area contributed by atoms with E-state index in [9.17, 15) is 9.18 Å². The van der Waals surface area contributed by atoms with Crippen molar-refractivity contribution in [3.63, 3.8) is 0 Å². The minimum atomic E-state index is -0.609. The van der Waals surface area contributed by atoms with Gasteiger partial charge in [-0.1, -0.05) is 0 Å². The Bertz CT molecular complexity index is 264. The number of carbonyl (C=O) groups is 1. The summed E-state index contributed by atoms with van der Waals surface area (Å²) in [5.41, 5.74) is 0.447. The molecule has 3 nitrogen and oxygen atoms in total. The van der Waals surface area contributed by atoms with Gasteiger partial charge in [-0.05, 0) is 32.9 Å². The molecule has 0 saturated carbocycles. The van der Waals surface area contributed by atoms with E-state index in [1.807, 2.05) is 7.05 Å². The van der Waals surface area contributed by atoms with Gasteiger partial charge in [-0.2, -0.15) is 0 Å². The Labute approximate surface area is 96.1 Å². The van der Waals surface area contributed by atoms with Crippen LogP contribution in [-0.4, -0.2) is 37.0 Å². The largest absolute Gasteiger partial charge is 0.335 e. The van der Waals surface area contributed by atoms with Crippen molar-refractivity contribution < 1.29 is 9.18 Å². The molecular formula is C10H18ClFN2O. The number of halogens is 2. The Hall–Kier alpha value is -0.610. The average molecular weight is 237 g/mol. The molecule has 88 valence electrons. The monoisotopic (exact) mass is 236 g/mol. The lowest BCUT2D eigenvalue weighted by Crippen LogP contribution is -2.33. The van der Waals surface area contributed by atoms with Crippen molar-refractivity contribution >= 4 is 18.3 Å². The van der Waals surface area contributed by atoms with E-state index in [-0.39, 0.29) is 12.4 Å². The topological polar surface area (TPSA) is 32.3 Å². The lowest BCUT2D eigenvalue weighted by atomic mass is 10.3. The molecule has 5 heteroatoms. The van der Waals surface area contributed by atoms with Crippen molar-refractivity contribution in [1.82, 2.24) is 10.2 Å². The van der Waals surface area contributed by atoms with Crippen LogP contribution >= 0.6 is 12.4 Å². The standard InChI is InChI=1S/C10H17FN2O.ClH/c1-7(2)9(11)10(14)13-5-4-8(6-13)12-3;/h8,12H,4-6H2,1-3H3;1H. The summed E-state index contributed by atoms with van der Waals surface area (Å²) >= 11 is 0. The number of hydrogen-bond donors (Lipinski definition) is 1. The fraction of sp³-hybridized carbons (Fsp3) is 0.700. The summed E-state index contributed by atoms with van der Waals surface area (Å²) in [6.07, 6.45) is 0.901. The van der Waals surface area contributed by atoms with Gasteiger partial charge >= 0.3 is 0 Å². The molecule has 1 saturated heterocycles. The zero-order valence-corrected chi connectivity index (χ0v) is 10.2. The summed E-state index contributed by atoms with van der Waals surface area (Å²) in [5, 5.41) is 3.08. The minimum Gasteiger partial charge on any atom is -0.335 e. The fourth-order valence-corrected chi connectivity index (χ4v) is 1.53. The normalized spacial score (nSPS) is 19.7. The van der Waals surface area contributed by atoms with Crippen molar-refractivity contribution in [2.45, 2.75) is 26.3 Å². The van der Waals surface area contributed by atoms with Crippen LogP contribution in [0.4, 0.5) is 4.39 Å². The Balaban J connectivity index is 0.00000196. The summed E-state index contributed by atoms with van der Waals surface area (Å²) in [7, 11) is 1.86. The van der Waals surface area contributed by atoms with E-state index < -0.39 is 11.7 Å². The first-order valence-electron chi connectivity index (χ1n) is 4.85. The molecule has 0 aromatic rings. The second-order valence-electron chi connectivity index (χ2n) is 3.84. The second-order valence-corrected chi connectivity index (χ2v) is 3.84. The van der Waals surface area contributed by atoms with Crippen LogP contribution in [0.15, 0.2) is 11.4 Å². The number of nitrogens with zero attached hydrogens (tertiary/aromatic N) is 1. The second kappa shape index (κ2) is 6.08. The third kappa shape index (κ3) is 3.47. The van der Waals surface area contributed by atoms with Gasteiger partial charge in [0.15, 0.2) is 5.83 Å². The van der Waals surface area contributed by atoms with Gasteiger partial charge in [-0.3, -0.25) is 4.79 Å². The van der Waals surface area contributed by atoms with E-state index in [0.29, 0.717) is 24.7 Å². The predicted molar refractivity (Wildman–Crippen MR) is 60.8 cm³/mol. The summed E-state index contributed by atoms with van der Waals surface area (Å²) in [6, 6.07) is 0.309. The van der Waals surface area contributed by atoms with Crippen molar-refractivity contribution in [3.05, 3.63) is 11.4 Å². The molecule has 0 aliphatic carbocycles. The molecule has 1 fully saturated rings. The quantitative estimate of drug-likeness (QED) is 0.737. The van der Waals surface area contributed by atoms with Crippen LogP contribution in [0.2, 0.25) is 0 Å². The molecule has 1 unspecified atom stereocenters. The van der Waals surface area contributed by atoms with Crippen molar-refractivity contribution in [2.24, 2.45) is 0 Å². The molecular weight excluding hydrogens is 219 g/mol. The average Bonchev–Trinajstić information content (AvgIpc) is 2.63. The van der Waals surface area contributed by atoms with Gasteiger partial charge in [0.2, 0.25) is 0 Å². The van der Waals surface area contributed by atoms with Crippen LogP contribution in [0.25, 0.3) is 0 Å². The molecule has 0 spiro atoms. The van der Waals surface area contributed by atoms with E-state index in [0.717, 1.165) is 6.42 Å². The van der Waals surface area contributed by atoms with Gasteiger partial charge in [-0.25, -0.2) is 4.39 Å². The predicted octanol–water partition coefficient (Wildman–Crippen LogP) is 1.49. The molecule has 15 heavy (non-hydrogen) atoms. The van der Waals surface area contributed by atoms with E-state index >= 15 is 0 Å². The molecule has 1 N–H and O–H groups in total. The number of likely N-dealkylation sites (N-methyl/N-ethyl adjacent to an activating group) is 1. The number of nitrogens with one attached hydrogen (secondary N) is 1. The first-order valence-corrected chi connectivity index (χ1v) is 4.85. The van der Waals surface area contributed by atoms with Gasteiger partial charge in [-0.15, -0.1) is 12.4 Å². The highest BCUT2D eigenvalue weighted by Crippen LogP contribution is 2.15. The highest BCUT2D eigenvalue weighted by molar-refractivity contribution is 5.92. The lowest BCUT2D eigenvalue weighted by Gasteiger charge is -2.15. The minimum absolute atomic E-state index is 0. The van der Waals surface area contributed by atoms with Crippen molar-refractivity contribution in [1.29, 1.82) is 0 Å². The van der Waals surface area contributed by atoms with Crippen LogP contribution in [0.3, 0.4) is 0 Å². The molecule has 1 rings (SSSR count). The Morgan fingerprint density at radius 2 is 2.07 bits per heavy atom. The van der Waals surface area contributed by atoms with Crippen LogP contribution in [-0.2, 0) is 4.79 Å². The van der Waals surface area contributed by atoms with Crippen LogP contribution in [0.1, 0.15) is 20.3 Å². The number of hydrogen-bond acceptors (Lipinski definition) is 2. The smallest absolute Gasteiger partial charge is 0.282 e. The summed E-state index contributed by atoms with van der Waals surface area (Å²) in [6.45, 7) is 4.47. The number of amides is 1. The molecule has 0 aromatic carbocycles. The van der Waals surface area contributed by atoms with E-state index in [1.54, 1.807) is 18.7 Å². The Kier molecular flexibility index (Phi) is 5.83. The van der Waals surface area contributed by atoms with Crippen LogP contribution in [0.5, 0.6) is 0 Å². The molecule has 1 amide bonds. The third-order valence-corrected chi connectivity index (χ3v) is 2.51. The van der Waals surface area contributed by atoms with Gasteiger partial charge in [0, 0.05) is 19.1 Å². The molecule has 1 heterocycles. The Morgan fingerprint density at radius 1 is 1.47 bits per heavy atom. The van der Waals surface area contributed by atoms with Crippen LogP contribution in [0, 0.1) is 0 Å². The maximum atomic E-state index is 13.3. The number of rotatable bonds is 2. The zero-order chi connectivity index (χ0) is 10.7. The first-order chi connectivity index (χ1) is 6.56. The summed E-state index contributed by atoms with van der Waals surface area (Å²) < 4.78 is 13.3. The van der Waals surface area contributed by atoms with Crippen LogP contribution < -0.4 is 5.32 Å². The molecule has 0 radical (unpaired) electrons. The SMILES string of the molecule is CNC1CCN(C(=O)C(F)=C(C)C)C1.Cl. The van der Waals surface area contributed by atoms with Gasteiger partial charge < -0.3 is 10.2 Å². The van der Waals surface area contributed by atoms with Crippen molar-refractivity contribution in [3.8, 4) is 0 Å². The van der Waals surface area contributed by atoms with Gasteiger partial charge in [0.1, 0.15) is 0 Å². The molecule has 1 aliphatic heterocycles. The summed E-state index contributed by atoms with van der Waals surface area (Å²) in [5.74, 6) is -1.08. The molecule has 1 aliphatic rings. The number of carbonyl (C=O) groups excluding carboxylic acids is 1. The highest BCUT2D eigenvalue weighted by Gasteiger charge is 2.27. The van der Waals surface area contributed by atoms with E-state index in [1.165, 1.54) is 0 Å². The first kappa shape index (κ1) is 14.4. The Morgan fingerprint density at radius 3 is 2.47 bits per heavy atom. The maximum absolute atomic E-state index is 13.3. The fourth-order valence-electron chi connectivity index (χ4n) is 1.53. The number of allylic oxidation sites excluding steroid dienone is 1. The highest BCUT2D eigenvalue weighted by atomic mass is 35.5. The third-order valence-electron chi connectivity index (χ3n) is 2.51. The van der Waals surface area contributed by atoms with E-state index in [4.69, 9.17) is 0 Å². The van der Waals surface area contributed by atoms with Gasteiger partial charge in [0.25, 0.3) is 5.91 Å². The van der Waals surface area contributed by atoms with Gasteiger partial charge in [0.05, 0.1) is 0 Å². The zero-order valence-electron chi connectivity index (χ0n) is 9.34. The molecule has 0 aromatic heterocycles. The molecule has 1 atom stereocenters. The van der Waals surface area contributed by atoms with E-state index in [2.05, 4.69) is 5.32 Å². The molecule has 0 bridgehead atoms. The van der Waals surface area contributed by atoms with Crippen molar-refractivity contribution in [2.75, 3.05) is 20.1 Å².